The quantitative estimate of drug-likeness (QED) is 0.469. The van der Waals surface area contributed by atoms with Gasteiger partial charge in [0.2, 0.25) is 5.91 Å². The zero-order chi connectivity index (χ0) is 24.7. The second-order valence-electron chi connectivity index (χ2n) is 8.12. The molecule has 5 rings (SSSR count). The Morgan fingerprint density at radius 2 is 1.51 bits per heavy atom. The molecule has 3 unspecified atom stereocenters. The largest absolute Gasteiger partial charge is 0.497 e. The van der Waals surface area contributed by atoms with Crippen LogP contribution in [0, 0.1) is 5.92 Å². The lowest BCUT2D eigenvalue weighted by atomic mass is 9.90. The van der Waals surface area contributed by atoms with Gasteiger partial charge in [-0.2, -0.15) is 0 Å². The standard InChI is InChI=1S/C26H23ClN2O6/c1-32-18-6-4-5-17(13-18)28-25(30)22-23(20-12-11-19(33-2)14-21(20)34-3)29(35-24(22)26(28)31)16-9-7-15(27)8-10-16/h4-14,22-24H,1-3H3. The summed E-state index contributed by atoms with van der Waals surface area (Å²) in [6.07, 6.45) is -1.01. The van der Waals surface area contributed by atoms with Gasteiger partial charge in [0.1, 0.15) is 23.2 Å². The SMILES string of the molecule is COc1cccc(N2C(=O)C3ON(c4ccc(Cl)cc4)C(c4ccc(OC)cc4OC)C3C2=O)c1. The maximum atomic E-state index is 13.8. The van der Waals surface area contributed by atoms with E-state index in [1.54, 1.807) is 79.9 Å². The summed E-state index contributed by atoms with van der Waals surface area (Å²) in [6.45, 7) is 0. The second-order valence-corrected chi connectivity index (χ2v) is 8.56. The Morgan fingerprint density at radius 3 is 2.20 bits per heavy atom. The van der Waals surface area contributed by atoms with E-state index >= 15 is 0 Å². The lowest BCUT2D eigenvalue weighted by Gasteiger charge is -2.29. The molecule has 0 saturated carbocycles. The molecule has 2 fully saturated rings. The van der Waals surface area contributed by atoms with Crippen molar-refractivity contribution in [2.45, 2.75) is 12.1 Å². The first-order valence-electron chi connectivity index (χ1n) is 10.9. The van der Waals surface area contributed by atoms with E-state index in [1.165, 1.54) is 12.0 Å². The van der Waals surface area contributed by atoms with Crippen molar-refractivity contribution in [1.82, 2.24) is 0 Å². The molecule has 0 radical (unpaired) electrons. The molecule has 180 valence electrons. The van der Waals surface area contributed by atoms with Crippen molar-refractivity contribution in [3.63, 3.8) is 0 Å². The van der Waals surface area contributed by atoms with Gasteiger partial charge >= 0.3 is 0 Å². The summed E-state index contributed by atoms with van der Waals surface area (Å²) in [5.74, 6) is 0.0299. The van der Waals surface area contributed by atoms with Gasteiger partial charge in [-0.05, 0) is 48.5 Å². The summed E-state index contributed by atoms with van der Waals surface area (Å²) in [5, 5.41) is 2.15. The molecule has 0 aromatic heterocycles. The molecule has 2 saturated heterocycles. The first kappa shape index (κ1) is 23.0. The van der Waals surface area contributed by atoms with Crippen molar-refractivity contribution >= 4 is 34.8 Å². The topological polar surface area (TPSA) is 77.5 Å². The number of nitrogens with zero attached hydrogens (tertiary/aromatic N) is 2. The number of methoxy groups -OCH3 is 3. The Labute approximate surface area is 207 Å². The van der Waals surface area contributed by atoms with Crippen LogP contribution in [-0.4, -0.2) is 39.2 Å². The Kier molecular flexibility index (Phi) is 6.00. The van der Waals surface area contributed by atoms with Gasteiger partial charge in [-0.3, -0.25) is 14.4 Å². The number of amides is 2. The average molecular weight is 495 g/mol. The molecule has 9 heteroatoms. The number of hydrogen-bond acceptors (Lipinski definition) is 7. The maximum absolute atomic E-state index is 13.8. The minimum atomic E-state index is -1.01. The third-order valence-corrected chi connectivity index (χ3v) is 6.52. The molecule has 0 aliphatic carbocycles. The molecule has 2 aliphatic rings. The van der Waals surface area contributed by atoms with Crippen molar-refractivity contribution in [1.29, 1.82) is 0 Å². The van der Waals surface area contributed by atoms with Crippen LogP contribution < -0.4 is 24.2 Å². The lowest BCUT2D eigenvalue weighted by Crippen LogP contribution is -2.37. The minimum absolute atomic E-state index is 0.368. The smallest absolute Gasteiger partial charge is 0.266 e. The Hall–Kier alpha value is -3.75. The normalized spacial score (nSPS) is 21.3. The number of ether oxygens (including phenoxy) is 3. The van der Waals surface area contributed by atoms with Gasteiger partial charge in [0.25, 0.3) is 5.91 Å². The number of carbonyl (C=O) groups is 2. The Balaban J connectivity index is 1.61. The number of hydrogen-bond donors (Lipinski definition) is 0. The van der Waals surface area contributed by atoms with Gasteiger partial charge in [0.15, 0.2) is 6.10 Å². The zero-order valence-corrected chi connectivity index (χ0v) is 20.1. The van der Waals surface area contributed by atoms with E-state index in [2.05, 4.69) is 0 Å². The highest BCUT2D eigenvalue weighted by Gasteiger charge is 2.60. The summed E-state index contributed by atoms with van der Waals surface area (Å²) >= 11 is 6.09. The number of rotatable bonds is 6. The Morgan fingerprint density at radius 1 is 0.800 bits per heavy atom. The fourth-order valence-electron chi connectivity index (χ4n) is 4.61. The molecule has 2 amide bonds. The number of benzene rings is 3. The van der Waals surface area contributed by atoms with E-state index in [4.69, 9.17) is 30.6 Å². The third-order valence-electron chi connectivity index (χ3n) is 6.27. The van der Waals surface area contributed by atoms with E-state index in [9.17, 15) is 9.59 Å². The predicted octanol–water partition coefficient (Wildman–Crippen LogP) is 4.42. The molecule has 3 atom stereocenters. The molecule has 0 spiro atoms. The molecule has 3 aromatic carbocycles. The number of hydroxylamine groups is 1. The van der Waals surface area contributed by atoms with Gasteiger partial charge < -0.3 is 14.2 Å². The van der Waals surface area contributed by atoms with E-state index in [1.807, 2.05) is 6.07 Å². The van der Waals surface area contributed by atoms with Gasteiger partial charge in [-0.25, -0.2) is 9.96 Å². The van der Waals surface area contributed by atoms with Crippen LogP contribution in [0.1, 0.15) is 11.6 Å². The summed E-state index contributed by atoms with van der Waals surface area (Å²) in [7, 11) is 4.64. The first-order valence-corrected chi connectivity index (χ1v) is 11.3. The molecule has 0 N–H and O–H groups in total. The summed E-state index contributed by atoms with van der Waals surface area (Å²) < 4.78 is 16.3. The highest BCUT2D eigenvalue weighted by molar-refractivity contribution is 6.30. The molecular formula is C26H23ClN2O6. The minimum Gasteiger partial charge on any atom is -0.497 e. The summed E-state index contributed by atoms with van der Waals surface area (Å²) in [4.78, 5) is 34.7. The van der Waals surface area contributed by atoms with Crippen LogP contribution in [-0.2, 0) is 14.4 Å². The number of anilines is 2. The van der Waals surface area contributed by atoms with Crippen LogP contribution in [0.25, 0.3) is 0 Å². The van der Waals surface area contributed by atoms with Crippen molar-refractivity contribution in [2.75, 3.05) is 31.3 Å². The van der Waals surface area contributed by atoms with E-state index in [0.717, 1.165) is 0 Å². The van der Waals surface area contributed by atoms with E-state index in [0.29, 0.717) is 39.2 Å². The van der Waals surface area contributed by atoms with Crippen LogP contribution in [0.2, 0.25) is 5.02 Å². The fourth-order valence-corrected chi connectivity index (χ4v) is 4.74. The average Bonchev–Trinajstić information content (AvgIpc) is 3.39. The number of imide groups is 1. The highest BCUT2D eigenvalue weighted by atomic mass is 35.5. The molecule has 0 bridgehead atoms. The van der Waals surface area contributed by atoms with Crippen LogP contribution in [0.5, 0.6) is 17.2 Å². The maximum Gasteiger partial charge on any atom is 0.266 e. The first-order chi connectivity index (χ1) is 17.0. The van der Waals surface area contributed by atoms with E-state index in [-0.39, 0.29) is 5.91 Å². The molecule has 2 aliphatic heterocycles. The molecular weight excluding hydrogens is 472 g/mol. The monoisotopic (exact) mass is 494 g/mol. The number of halogens is 1. The predicted molar refractivity (Wildman–Crippen MR) is 130 cm³/mol. The fraction of sp³-hybridized carbons (Fsp3) is 0.231. The van der Waals surface area contributed by atoms with Crippen molar-refractivity contribution in [3.05, 3.63) is 77.3 Å². The summed E-state index contributed by atoms with van der Waals surface area (Å²) in [6, 6.07) is 18.5. The van der Waals surface area contributed by atoms with Gasteiger partial charge in [-0.1, -0.05) is 17.7 Å². The molecule has 3 aromatic rings. The Bertz CT molecular complexity index is 1280. The second kappa shape index (κ2) is 9.13. The third kappa shape index (κ3) is 3.84. The number of carbonyl (C=O) groups excluding carboxylic acids is 2. The molecule has 8 nitrogen and oxygen atoms in total. The van der Waals surface area contributed by atoms with Crippen LogP contribution in [0.4, 0.5) is 11.4 Å². The summed E-state index contributed by atoms with van der Waals surface area (Å²) in [5.41, 5.74) is 1.76. The number of fused-ring (bicyclic) bond motifs is 1. The van der Waals surface area contributed by atoms with Gasteiger partial charge in [0.05, 0.1) is 38.7 Å². The molecule has 35 heavy (non-hydrogen) atoms. The van der Waals surface area contributed by atoms with E-state index < -0.39 is 24.0 Å². The van der Waals surface area contributed by atoms with Gasteiger partial charge in [-0.15, -0.1) is 0 Å². The molecule has 2 heterocycles. The lowest BCUT2D eigenvalue weighted by molar-refractivity contribution is -0.126. The van der Waals surface area contributed by atoms with Crippen LogP contribution >= 0.6 is 11.6 Å². The van der Waals surface area contributed by atoms with Gasteiger partial charge in [0, 0.05) is 22.7 Å². The van der Waals surface area contributed by atoms with Crippen LogP contribution in [0.3, 0.4) is 0 Å². The van der Waals surface area contributed by atoms with Crippen molar-refractivity contribution in [3.8, 4) is 17.2 Å². The van der Waals surface area contributed by atoms with Crippen molar-refractivity contribution in [2.24, 2.45) is 5.92 Å². The van der Waals surface area contributed by atoms with Crippen LogP contribution in [0.15, 0.2) is 66.7 Å². The highest BCUT2D eigenvalue weighted by Crippen LogP contribution is 2.50. The van der Waals surface area contributed by atoms with Crippen molar-refractivity contribution < 1.29 is 28.6 Å². The zero-order valence-electron chi connectivity index (χ0n) is 19.3.